The molecule has 0 bridgehead atoms. The van der Waals surface area contributed by atoms with E-state index in [0.717, 1.165) is 33.1 Å². The van der Waals surface area contributed by atoms with Crippen LogP contribution in [0.1, 0.15) is 42.0 Å². The Hall–Kier alpha value is -4.28. The highest BCUT2D eigenvalue weighted by Gasteiger charge is 2.38. The largest absolute Gasteiger partial charge is 0.378 e. The van der Waals surface area contributed by atoms with Crippen molar-refractivity contribution in [3.63, 3.8) is 0 Å². The zero-order valence-electron chi connectivity index (χ0n) is 23.8. The lowest BCUT2D eigenvalue weighted by Gasteiger charge is -2.37. The van der Waals surface area contributed by atoms with Crippen LogP contribution in [-0.2, 0) is 14.8 Å². The molecule has 10 heteroatoms. The van der Waals surface area contributed by atoms with Gasteiger partial charge in [0, 0.05) is 16.1 Å². The van der Waals surface area contributed by atoms with Crippen LogP contribution in [0, 0.1) is 11.7 Å². The molecule has 44 heavy (non-hydrogen) atoms. The average molecular weight is 674 g/mol. The number of hydrazone groups is 1. The smallest absolute Gasteiger partial charge is 0.264 e. The van der Waals surface area contributed by atoms with Crippen molar-refractivity contribution in [3.05, 3.63) is 136 Å². The third-order valence-electron chi connectivity index (χ3n) is 8.07. The average Bonchev–Trinajstić information content (AvgIpc) is 3.53. The minimum Gasteiger partial charge on any atom is -0.378 e. The van der Waals surface area contributed by atoms with Gasteiger partial charge in [-0.1, -0.05) is 70.5 Å². The van der Waals surface area contributed by atoms with Crippen LogP contribution in [0.3, 0.4) is 0 Å². The molecule has 6 rings (SSSR count). The Labute approximate surface area is 264 Å². The second kappa shape index (κ2) is 12.4. The number of nitrogens with one attached hydrogen (secondary N) is 2. The molecule has 1 amide bonds. The van der Waals surface area contributed by atoms with Gasteiger partial charge in [-0.15, -0.1) is 0 Å². The molecule has 1 heterocycles. The normalized spacial score (nSPS) is 19.1. The number of hydrogen-bond acceptors (Lipinski definition) is 5. The maximum Gasteiger partial charge on any atom is 0.264 e. The van der Waals surface area contributed by atoms with Gasteiger partial charge in [-0.05, 0) is 90.6 Å². The summed E-state index contributed by atoms with van der Waals surface area (Å²) < 4.78 is 42.4. The van der Waals surface area contributed by atoms with Crippen LogP contribution in [0.2, 0.25) is 0 Å². The molecule has 1 aliphatic carbocycles. The fraction of sp³-hybridized carbons (Fsp3) is 0.176. The van der Waals surface area contributed by atoms with Crippen molar-refractivity contribution in [1.29, 1.82) is 0 Å². The number of halogens is 2. The van der Waals surface area contributed by atoms with E-state index in [2.05, 4.69) is 50.0 Å². The molecule has 0 saturated heterocycles. The number of carbonyl (C=O) groups is 1. The highest BCUT2D eigenvalue weighted by atomic mass is 79.9. The number of fused-ring (bicyclic) bond motifs is 3. The van der Waals surface area contributed by atoms with Crippen molar-refractivity contribution in [2.24, 2.45) is 11.0 Å². The van der Waals surface area contributed by atoms with Gasteiger partial charge in [0.05, 0.1) is 22.3 Å². The van der Waals surface area contributed by atoms with E-state index in [1.807, 2.05) is 24.3 Å². The number of hydrogen-bond donors (Lipinski definition) is 2. The predicted molar refractivity (Wildman–Crippen MR) is 175 cm³/mol. The fourth-order valence-corrected chi connectivity index (χ4v) is 7.68. The van der Waals surface area contributed by atoms with E-state index < -0.39 is 22.5 Å². The Kier molecular flexibility index (Phi) is 8.38. The molecule has 1 aliphatic heterocycles. The van der Waals surface area contributed by atoms with Gasteiger partial charge in [0.25, 0.3) is 15.9 Å². The molecule has 2 N–H and O–H groups in total. The van der Waals surface area contributed by atoms with Crippen LogP contribution in [-0.4, -0.2) is 26.6 Å². The van der Waals surface area contributed by atoms with Crippen molar-refractivity contribution in [1.82, 2.24) is 5.43 Å². The summed E-state index contributed by atoms with van der Waals surface area (Å²) in [4.78, 5) is 13.2. The van der Waals surface area contributed by atoms with Crippen molar-refractivity contribution in [3.8, 4) is 0 Å². The number of rotatable bonds is 8. The Balaban J connectivity index is 1.21. The lowest BCUT2D eigenvalue weighted by atomic mass is 9.76. The van der Waals surface area contributed by atoms with E-state index in [-0.39, 0.29) is 28.6 Å². The molecule has 4 aromatic carbocycles. The molecule has 0 unspecified atom stereocenters. The third kappa shape index (κ3) is 6.05. The van der Waals surface area contributed by atoms with Crippen molar-refractivity contribution in [2.75, 3.05) is 16.2 Å². The zero-order valence-corrected chi connectivity index (χ0v) is 26.2. The summed E-state index contributed by atoms with van der Waals surface area (Å²) in [6, 6.07) is 27.5. The zero-order chi connectivity index (χ0) is 30.8. The van der Waals surface area contributed by atoms with Crippen LogP contribution in [0.4, 0.5) is 15.8 Å². The molecular formula is C34H30BrFN4O3S. The van der Waals surface area contributed by atoms with Gasteiger partial charge < -0.3 is 5.32 Å². The molecule has 0 saturated carbocycles. The van der Waals surface area contributed by atoms with Crippen molar-refractivity contribution in [2.45, 2.75) is 30.2 Å². The summed E-state index contributed by atoms with van der Waals surface area (Å²) in [6.07, 6.45) is 5.33. The lowest BCUT2D eigenvalue weighted by Crippen LogP contribution is -2.39. The van der Waals surface area contributed by atoms with Gasteiger partial charge in [0.2, 0.25) is 0 Å². The monoisotopic (exact) mass is 672 g/mol. The number of carbonyl (C=O) groups excluding carboxylic acids is 1. The third-order valence-corrected chi connectivity index (χ3v) is 10.4. The van der Waals surface area contributed by atoms with E-state index >= 15 is 0 Å². The topological polar surface area (TPSA) is 90.9 Å². The molecular weight excluding hydrogens is 643 g/mol. The quantitative estimate of drug-likeness (QED) is 0.118. The fourth-order valence-electron chi connectivity index (χ4n) is 5.86. The Morgan fingerprint density at radius 2 is 1.80 bits per heavy atom. The number of anilines is 2. The lowest BCUT2D eigenvalue weighted by molar-refractivity contribution is -0.119. The Morgan fingerprint density at radius 3 is 2.55 bits per heavy atom. The first-order valence-electron chi connectivity index (χ1n) is 14.2. The van der Waals surface area contributed by atoms with Crippen LogP contribution in [0.25, 0.3) is 0 Å². The summed E-state index contributed by atoms with van der Waals surface area (Å²) in [5.41, 5.74) is 7.50. The summed E-state index contributed by atoms with van der Waals surface area (Å²) >= 11 is 3.39. The predicted octanol–water partition coefficient (Wildman–Crippen LogP) is 7.15. The molecule has 3 atom stereocenters. The summed E-state index contributed by atoms with van der Waals surface area (Å²) in [5.74, 6) is -0.359. The van der Waals surface area contributed by atoms with Gasteiger partial charge >= 0.3 is 0 Å². The summed E-state index contributed by atoms with van der Waals surface area (Å²) in [7, 11) is -4.03. The van der Waals surface area contributed by atoms with Gasteiger partial charge in [0.1, 0.15) is 12.4 Å². The van der Waals surface area contributed by atoms with E-state index in [9.17, 15) is 17.6 Å². The maximum absolute atomic E-state index is 13.6. The van der Waals surface area contributed by atoms with E-state index in [1.165, 1.54) is 24.3 Å². The molecule has 4 aromatic rings. The second-order valence-electron chi connectivity index (χ2n) is 10.9. The Bertz CT molecular complexity index is 1860. The van der Waals surface area contributed by atoms with Crippen LogP contribution in [0.15, 0.2) is 124 Å². The van der Waals surface area contributed by atoms with Crippen LogP contribution in [0.5, 0.6) is 0 Å². The molecule has 7 nitrogen and oxygen atoms in total. The number of sulfonamides is 1. The van der Waals surface area contributed by atoms with E-state index in [1.54, 1.807) is 49.4 Å². The minimum absolute atomic E-state index is 0.0587. The standard InChI is InChI=1S/C34H30BrFN4O3S/c1-22(24-15-18-32-31(19-24)29-11-6-12-30(29)34(37-32)23-13-16-26(36)17-14-23)38-39-33(41)21-40(27-8-5-7-25(35)20-27)44(42,43)28-9-3-2-4-10-28/h2-11,13-20,29-30,34,37H,12,21H2,1H3,(H,39,41)/b38-22+/t29-,30+,34+/m1/s1. The number of amides is 1. The van der Waals surface area contributed by atoms with E-state index in [0.29, 0.717) is 15.9 Å². The Morgan fingerprint density at radius 1 is 1.02 bits per heavy atom. The van der Waals surface area contributed by atoms with Gasteiger partial charge in [-0.25, -0.2) is 18.2 Å². The molecule has 0 fully saturated rings. The van der Waals surface area contributed by atoms with Crippen molar-refractivity contribution >= 4 is 48.9 Å². The van der Waals surface area contributed by atoms with Crippen molar-refractivity contribution < 1.29 is 17.6 Å². The minimum atomic E-state index is -4.03. The molecule has 0 radical (unpaired) electrons. The molecule has 0 aromatic heterocycles. The van der Waals surface area contributed by atoms with Gasteiger partial charge in [-0.2, -0.15) is 5.10 Å². The molecule has 0 spiro atoms. The van der Waals surface area contributed by atoms with Gasteiger partial charge in [0.15, 0.2) is 0 Å². The summed E-state index contributed by atoms with van der Waals surface area (Å²) in [6.45, 7) is 1.34. The number of allylic oxidation sites excluding steroid dienone is 2. The first kappa shape index (κ1) is 29.8. The van der Waals surface area contributed by atoms with Gasteiger partial charge in [-0.3, -0.25) is 9.10 Å². The molecule has 224 valence electrons. The first-order chi connectivity index (χ1) is 21.2. The maximum atomic E-state index is 13.6. The van der Waals surface area contributed by atoms with Crippen LogP contribution >= 0.6 is 15.9 Å². The highest BCUT2D eigenvalue weighted by Crippen LogP contribution is 2.50. The first-order valence-corrected chi connectivity index (χ1v) is 16.4. The SMILES string of the molecule is C/C(=N\NC(=O)CN(c1cccc(Br)c1)S(=O)(=O)c1ccccc1)c1ccc2c(c1)[C@@H]1C=CC[C@@H]1[C@H](c1ccc(F)cc1)N2. The highest BCUT2D eigenvalue weighted by molar-refractivity contribution is 9.10. The summed E-state index contributed by atoms with van der Waals surface area (Å²) in [5, 5.41) is 7.98. The number of benzene rings is 4. The van der Waals surface area contributed by atoms with Crippen LogP contribution < -0.4 is 15.0 Å². The second-order valence-corrected chi connectivity index (χ2v) is 13.6. The number of nitrogens with zero attached hydrogens (tertiary/aromatic N) is 2. The molecule has 2 aliphatic rings. The van der Waals surface area contributed by atoms with E-state index in [4.69, 9.17) is 0 Å².